The summed E-state index contributed by atoms with van der Waals surface area (Å²) in [5.74, 6) is -1.33. The number of H-pyrrole nitrogens is 1. The third-order valence-corrected chi connectivity index (χ3v) is 3.80. The van der Waals surface area contributed by atoms with Crippen LogP contribution in [-0.4, -0.2) is 27.2 Å². The highest BCUT2D eigenvalue weighted by molar-refractivity contribution is 7.10. The summed E-state index contributed by atoms with van der Waals surface area (Å²) in [6.45, 7) is 1.95. The predicted molar refractivity (Wildman–Crippen MR) is 74.7 cm³/mol. The highest BCUT2D eigenvalue weighted by atomic mass is 32.1. The van der Waals surface area contributed by atoms with Crippen LogP contribution in [0.2, 0.25) is 0 Å². The molecule has 0 radical (unpaired) electrons. The molecule has 0 saturated carbocycles. The van der Waals surface area contributed by atoms with Gasteiger partial charge in [-0.15, -0.1) is 11.3 Å². The zero-order valence-electron chi connectivity index (χ0n) is 10.9. The average molecular weight is 293 g/mol. The molecule has 0 aromatic carbocycles. The second-order valence-corrected chi connectivity index (χ2v) is 5.25. The molecule has 0 aliphatic rings. The minimum absolute atomic E-state index is 0.155. The fourth-order valence-electron chi connectivity index (χ4n) is 1.78. The maximum Gasteiger partial charge on any atom is 0.305 e. The number of hydrogen-bond acceptors (Lipinski definition) is 4. The molecular formula is C13H15N3O3S. The van der Waals surface area contributed by atoms with E-state index in [1.165, 1.54) is 11.3 Å². The van der Waals surface area contributed by atoms with Crippen LogP contribution in [0.5, 0.6) is 0 Å². The molecule has 0 spiro atoms. The number of aliphatic carboxylic acids is 1. The van der Waals surface area contributed by atoms with Gasteiger partial charge in [-0.3, -0.25) is 14.7 Å². The van der Waals surface area contributed by atoms with Crippen LogP contribution < -0.4 is 5.32 Å². The van der Waals surface area contributed by atoms with Crippen molar-refractivity contribution in [3.05, 3.63) is 39.8 Å². The lowest BCUT2D eigenvalue weighted by atomic mass is 10.1. The average Bonchev–Trinajstić information content (AvgIpc) is 3.08. The Balaban J connectivity index is 2.11. The van der Waals surface area contributed by atoms with E-state index in [2.05, 4.69) is 15.5 Å². The van der Waals surface area contributed by atoms with Gasteiger partial charge in [0.15, 0.2) is 0 Å². The first-order valence-electron chi connectivity index (χ1n) is 6.20. The molecule has 20 heavy (non-hydrogen) atoms. The molecule has 6 nitrogen and oxygen atoms in total. The fourth-order valence-corrected chi connectivity index (χ4v) is 2.56. The quantitative estimate of drug-likeness (QED) is 0.759. The largest absolute Gasteiger partial charge is 0.481 e. The molecule has 1 amide bonds. The molecule has 0 bridgehead atoms. The number of aryl methyl sites for hydroxylation is 1. The molecule has 0 fully saturated rings. The Kier molecular flexibility index (Phi) is 4.52. The Morgan fingerprint density at radius 2 is 2.35 bits per heavy atom. The Morgan fingerprint density at radius 3 is 2.90 bits per heavy atom. The van der Waals surface area contributed by atoms with Crippen molar-refractivity contribution in [2.75, 3.05) is 0 Å². The topological polar surface area (TPSA) is 95.1 Å². The van der Waals surface area contributed by atoms with Crippen molar-refractivity contribution < 1.29 is 14.7 Å². The maximum atomic E-state index is 12.1. The SMILES string of the molecule is CCc1cc(C(=O)NC(CC(=O)O)c2cccs2)n[nH]1. The molecule has 3 N–H and O–H groups in total. The molecule has 2 rings (SSSR count). The van der Waals surface area contributed by atoms with E-state index in [9.17, 15) is 9.59 Å². The van der Waals surface area contributed by atoms with Gasteiger partial charge in [0.2, 0.25) is 0 Å². The van der Waals surface area contributed by atoms with E-state index < -0.39 is 12.0 Å². The van der Waals surface area contributed by atoms with Crippen molar-refractivity contribution in [2.45, 2.75) is 25.8 Å². The lowest BCUT2D eigenvalue weighted by Gasteiger charge is -2.14. The first kappa shape index (κ1) is 14.3. The van der Waals surface area contributed by atoms with Gasteiger partial charge in [0.05, 0.1) is 12.5 Å². The molecule has 1 unspecified atom stereocenters. The van der Waals surface area contributed by atoms with Gasteiger partial charge < -0.3 is 10.4 Å². The van der Waals surface area contributed by atoms with Crippen LogP contribution in [0.3, 0.4) is 0 Å². The second kappa shape index (κ2) is 6.33. The first-order chi connectivity index (χ1) is 9.60. The number of nitrogens with one attached hydrogen (secondary N) is 2. The highest BCUT2D eigenvalue weighted by Crippen LogP contribution is 2.22. The summed E-state index contributed by atoms with van der Waals surface area (Å²) >= 11 is 1.41. The van der Waals surface area contributed by atoms with Crippen LogP contribution in [0, 0.1) is 0 Å². The third kappa shape index (κ3) is 3.45. The molecule has 1 atom stereocenters. The number of carbonyl (C=O) groups is 2. The van der Waals surface area contributed by atoms with Gasteiger partial charge in [0.1, 0.15) is 5.69 Å². The molecule has 0 saturated heterocycles. The normalized spacial score (nSPS) is 12.1. The monoisotopic (exact) mass is 293 g/mol. The van der Waals surface area contributed by atoms with Gasteiger partial charge in [0, 0.05) is 10.6 Å². The summed E-state index contributed by atoms with van der Waals surface area (Å²) < 4.78 is 0. The van der Waals surface area contributed by atoms with E-state index in [1.807, 2.05) is 18.4 Å². The summed E-state index contributed by atoms with van der Waals surface area (Å²) in [7, 11) is 0. The highest BCUT2D eigenvalue weighted by Gasteiger charge is 2.21. The summed E-state index contributed by atoms with van der Waals surface area (Å²) in [4.78, 5) is 23.8. The molecule has 2 aromatic heterocycles. The molecule has 106 valence electrons. The van der Waals surface area contributed by atoms with Gasteiger partial charge in [-0.2, -0.15) is 5.10 Å². The van der Waals surface area contributed by atoms with E-state index in [4.69, 9.17) is 5.11 Å². The molecule has 2 heterocycles. The van der Waals surface area contributed by atoms with Crippen LogP contribution in [0.4, 0.5) is 0 Å². The number of carboxylic acid groups (broad SMARTS) is 1. The Labute approximate surface area is 119 Å². The molecular weight excluding hydrogens is 278 g/mol. The molecule has 7 heteroatoms. The molecule has 0 aliphatic heterocycles. The van der Waals surface area contributed by atoms with Crippen LogP contribution in [0.15, 0.2) is 23.6 Å². The fraction of sp³-hybridized carbons (Fsp3) is 0.308. The van der Waals surface area contributed by atoms with Crippen molar-refractivity contribution in [1.82, 2.24) is 15.5 Å². The van der Waals surface area contributed by atoms with Crippen molar-refractivity contribution >= 4 is 23.2 Å². The number of carboxylic acids is 1. The van der Waals surface area contributed by atoms with Gasteiger partial charge in [-0.05, 0) is 23.9 Å². The summed E-state index contributed by atoms with van der Waals surface area (Å²) in [5, 5.41) is 20.2. The van der Waals surface area contributed by atoms with Crippen LogP contribution in [0.25, 0.3) is 0 Å². The number of aromatic nitrogens is 2. The smallest absolute Gasteiger partial charge is 0.305 e. The standard InChI is InChI=1S/C13H15N3O3S/c1-2-8-6-10(16-15-8)13(19)14-9(7-12(17)18)11-4-3-5-20-11/h3-6,9H,2,7H2,1H3,(H,14,19)(H,15,16)(H,17,18). The predicted octanol–water partition coefficient (Wildman–Crippen LogP) is 1.98. The minimum atomic E-state index is -0.958. The van der Waals surface area contributed by atoms with E-state index in [0.29, 0.717) is 0 Å². The van der Waals surface area contributed by atoms with Gasteiger partial charge >= 0.3 is 5.97 Å². The van der Waals surface area contributed by atoms with Crippen LogP contribution in [0.1, 0.15) is 40.4 Å². The van der Waals surface area contributed by atoms with Crippen molar-refractivity contribution in [3.8, 4) is 0 Å². The first-order valence-corrected chi connectivity index (χ1v) is 7.08. The van der Waals surface area contributed by atoms with Crippen molar-refractivity contribution in [2.24, 2.45) is 0 Å². The number of amides is 1. The Morgan fingerprint density at radius 1 is 1.55 bits per heavy atom. The van der Waals surface area contributed by atoms with E-state index in [0.717, 1.165) is 17.0 Å². The van der Waals surface area contributed by atoms with Crippen molar-refractivity contribution in [1.29, 1.82) is 0 Å². The van der Waals surface area contributed by atoms with Gasteiger partial charge in [0.25, 0.3) is 5.91 Å². The molecule has 2 aromatic rings. The third-order valence-electron chi connectivity index (χ3n) is 2.82. The van der Waals surface area contributed by atoms with Crippen molar-refractivity contribution in [3.63, 3.8) is 0 Å². The zero-order valence-corrected chi connectivity index (χ0v) is 11.7. The Hall–Kier alpha value is -2.15. The minimum Gasteiger partial charge on any atom is -0.481 e. The summed E-state index contributed by atoms with van der Waals surface area (Å²) in [6.07, 6.45) is 0.598. The summed E-state index contributed by atoms with van der Waals surface area (Å²) in [5.41, 5.74) is 1.13. The zero-order chi connectivity index (χ0) is 14.5. The van der Waals surface area contributed by atoms with Gasteiger partial charge in [-0.1, -0.05) is 13.0 Å². The number of thiophene rings is 1. The van der Waals surface area contributed by atoms with E-state index in [1.54, 1.807) is 12.1 Å². The molecule has 0 aliphatic carbocycles. The lowest BCUT2D eigenvalue weighted by Crippen LogP contribution is -2.30. The van der Waals surface area contributed by atoms with Gasteiger partial charge in [-0.25, -0.2) is 0 Å². The van der Waals surface area contributed by atoms with E-state index >= 15 is 0 Å². The maximum absolute atomic E-state index is 12.1. The number of hydrogen-bond donors (Lipinski definition) is 3. The number of nitrogens with zero attached hydrogens (tertiary/aromatic N) is 1. The Bertz CT molecular complexity index is 592. The van der Waals surface area contributed by atoms with E-state index in [-0.39, 0.29) is 18.0 Å². The summed E-state index contributed by atoms with van der Waals surface area (Å²) in [6, 6.07) is 4.76. The number of rotatable bonds is 6. The van der Waals surface area contributed by atoms with Crippen LogP contribution >= 0.6 is 11.3 Å². The number of carbonyl (C=O) groups excluding carboxylic acids is 1. The van der Waals surface area contributed by atoms with Crippen LogP contribution in [-0.2, 0) is 11.2 Å². The lowest BCUT2D eigenvalue weighted by molar-refractivity contribution is -0.137. The number of aromatic amines is 1. The second-order valence-electron chi connectivity index (χ2n) is 4.27.